The second-order valence-electron chi connectivity index (χ2n) is 4.89. The van der Waals surface area contributed by atoms with Crippen molar-refractivity contribution in [2.45, 2.75) is 0 Å². The molecule has 0 unspecified atom stereocenters. The lowest BCUT2D eigenvalue weighted by Gasteiger charge is -2.32. The van der Waals surface area contributed by atoms with Crippen molar-refractivity contribution in [3.05, 3.63) is 29.3 Å². The van der Waals surface area contributed by atoms with Gasteiger partial charge in [0, 0.05) is 32.7 Å². The molecule has 1 saturated heterocycles. The normalized spacial score (nSPS) is 17.1. The van der Waals surface area contributed by atoms with Gasteiger partial charge >= 0.3 is 0 Å². The first-order chi connectivity index (χ1) is 9.61. The zero-order valence-electron chi connectivity index (χ0n) is 11.4. The molecule has 0 N–H and O–H groups in total. The molecule has 1 aromatic carbocycles. The number of rotatable bonds is 5. The van der Waals surface area contributed by atoms with E-state index in [0.717, 1.165) is 26.2 Å². The molecular weight excluding hydrogens is 266 g/mol. The number of halogens is 2. The molecule has 0 aliphatic carbocycles. The predicted molar refractivity (Wildman–Crippen MR) is 71.2 cm³/mol. The van der Waals surface area contributed by atoms with E-state index in [-0.39, 0.29) is 17.6 Å². The highest BCUT2D eigenvalue weighted by Gasteiger charge is 2.16. The second kappa shape index (κ2) is 6.76. The van der Waals surface area contributed by atoms with Crippen molar-refractivity contribution < 1.29 is 18.3 Å². The van der Waals surface area contributed by atoms with Gasteiger partial charge in [0.15, 0.2) is 17.9 Å². The fourth-order valence-corrected chi connectivity index (χ4v) is 2.11. The molecule has 6 heteroatoms. The summed E-state index contributed by atoms with van der Waals surface area (Å²) >= 11 is 0. The third kappa shape index (κ3) is 3.52. The van der Waals surface area contributed by atoms with Crippen LogP contribution in [0.2, 0.25) is 0 Å². The van der Waals surface area contributed by atoms with E-state index in [9.17, 15) is 13.6 Å². The number of hydrogen-bond donors (Lipinski definition) is 0. The van der Waals surface area contributed by atoms with Crippen LogP contribution in [0, 0.1) is 11.6 Å². The van der Waals surface area contributed by atoms with Crippen LogP contribution in [0.4, 0.5) is 8.78 Å². The summed E-state index contributed by atoms with van der Waals surface area (Å²) in [6.07, 6.45) is 0.284. The van der Waals surface area contributed by atoms with Crippen LogP contribution in [0.5, 0.6) is 5.75 Å². The van der Waals surface area contributed by atoms with E-state index in [1.807, 2.05) is 0 Å². The lowest BCUT2D eigenvalue weighted by atomic mass is 10.2. The first-order valence-electron chi connectivity index (χ1n) is 6.58. The molecule has 20 heavy (non-hydrogen) atoms. The van der Waals surface area contributed by atoms with Gasteiger partial charge < -0.3 is 9.64 Å². The van der Waals surface area contributed by atoms with Crippen LogP contribution in [-0.2, 0) is 0 Å². The topological polar surface area (TPSA) is 32.8 Å². The summed E-state index contributed by atoms with van der Waals surface area (Å²) < 4.78 is 32.2. The van der Waals surface area contributed by atoms with E-state index >= 15 is 0 Å². The predicted octanol–water partition coefficient (Wildman–Crippen LogP) is 1.40. The third-order valence-corrected chi connectivity index (χ3v) is 3.46. The van der Waals surface area contributed by atoms with Crippen LogP contribution in [0.3, 0.4) is 0 Å². The number of ether oxygens (including phenoxy) is 1. The Labute approximate surface area is 116 Å². The second-order valence-corrected chi connectivity index (χ2v) is 4.89. The molecular formula is C14H18F2N2O2. The summed E-state index contributed by atoms with van der Waals surface area (Å²) in [7, 11) is 2.07. The van der Waals surface area contributed by atoms with Gasteiger partial charge in [-0.15, -0.1) is 0 Å². The van der Waals surface area contributed by atoms with Gasteiger partial charge in [-0.3, -0.25) is 9.69 Å². The zero-order valence-corrected chi connectivity index (χ0v) is 11.4. The summed E-state index contributed by atoms with van der Waals surface area (Å²) in [5, 5.41) is 0. The minimum absolute atomic E-state index is 0.151. The molecule has 0 bridgehead atoms. The lowest BCUT2D eigenvalue weighted by molar-refractivity contribution is 0.111. The average Bonchev–Trinajstić information content (AvgIpc) is 2.46. The maximum atomic E-state index is 13.6. The number of piperazine rings is 1. The maximum absolute atomic E-state index is 13.6. The van der Waals surface area contributed by atoms with Gasteiger partial charge in [-0.2, -0.15) is 4.39 Å². The molecule has 1 aliphatic rings. The van der Waals surface area contributed by atoms with Crippen LogP contribution in [-0.4, -0.2) is 62.5 Å². The van der Waals surface area contributed by atoms with Gasteiger partial charge in [0.1, 0.15) is 6.61 Å². The van der Waals surface area contributed by atoms with Gasteiger partial charge in [0.05, 0.1) is 5.56 Å². The van der Waals surface area contributed by atoms with Crippen molar-refractivity contribution in [2.24, 2.45) is 0 Å². The number of benzene rings is 1. The fraction of sp³-hybridized carbons (Fsp3) is 0.500. The third-order valence-electron chi connectivity index (χ3n) is 3.46. The number of likely N-dealkylation sites (N-methyl/N-ethyl adjacent to an activating group) is 1. The van der Waals surface area contributed by atoms with E-state index in [0.29, 0.717) is 13.2 Å². The van der Waals surface area contributed by atoms with Gasteiger partial charge in [-0.25, -0.2) is 4.39 Å². The van der Waals surface area contributed by atoms with Gasteiger partial charge in [0.25, 0.3) is 0 Å². The molecule has 0 saturated carbocycles. The quantitative estimate of drug-likeness (QED) is 0.765. The molecule has 1 aliphatic heterocycles. The van der Waals surface area contributed by atoms with E-state index in [4.69, 9.17) is 4.74 Å². The molecule has 0 radical (unpaired) electrons. The Morgan fingerprint density at radius 1 is 1.20 bits per heavy atom. The molecule has 0 spiro atoms. The van der Waals surface area contributed by atoms with Gasteiger partial charge in [-0.1, -0.05) is 0 Å². The van der Waals surface area contributed by atoms with Crippen LogP contribution in [0.15, 0.2) is 12.1 Å². The Morgan fingerprint density at radius 3 is 2.55 bits per heavy atom. The van der Waals surface area contributed by atoms with E-state index in [1.54, 1.807) is 0 Å². The smallest absolute Gasteiger partial charge is 0.201 e. The molecule has 4 nitrogen and oxygen atoms in total. The molecule has 1 heterocycles. The van der Waals surface area contributed by atoms with Crippen molar-refractivity contribution in [2.75, 3.05) is 46.4 Å². The van der Waals surface area contributed by atoms with Gasteiger partial charge in [-0.05, 0) is 19.2 Å². The van der Waals surface area contributed by atoms with Crippen molar-refractivity contribution in [1.82, 2.24) is 9.80 Å². The average molecular weight is 284 g/mol. The first-order valence-corrected chi connectivity index (χ1v) is 6.58. The van der Waals surface area contributed by atoms with Crippen LogP contribution >= 0.6 is 0 Å². The summed E-state index contributed by atoms with van der Waals surface area (Å²) in [5.41, 5.74) is -0.297. The summed E-state index contributed by atoms with van der Waals surface area (Å²) in [4.78, 5) is 14.9. The Morgan fingerprint density at radius 2 is 1.90 bits per heavy atom. The molecule has 1 aromatic rings. The van der Waals surface area contributed by atoms with E-state index < -0.39 is 11.6 Å². The number of carbonyl (C=O) groups is 1. The summed E-state index contributed by atoms with van der Waals surface area (Å²) in [5.74, 6) is -2.41. The molecule has 0 atom stereocenters. The monoisotopic (exact) mass is 284 g/mol. The molecule has 1 fully saturated rings. The highest BCUT2D eigenvalue weighted by atomic mass is 19.2. The SMILES string of the molecule is CN1CCN(CCOc2ccc(C=O)c(F)c2F)CC1. The van der Waals surface area contributed by atoms with Crippen LogP contribution in [0.25, 0.3) is 0 Å². The van der Waals surface area contributed by atoms with Crippen LogP contribution in [0.1, 0.15) is 10.4 Å². The lowest BCUT2D eigenvalue weighted by Crippen LogP contribution is -2.45. The number of aldehydes is 1. The number of nitrogens with zero attached hydrogens (tertiary/aromatic N) is 2. The molecule has 2 rings (SSSR count). The Hall–Kier alpha value is -1.53. The van der Waals surface area contributed by atoms with E-state index in [1.165, 1.54) is 12.1 Å². The van der Waals surface area contributed by atoms with Crippen molar-refractivity contribution in [3.63, 3.8) is 0 Å². The number of hydrogen-bond acceptors (Lipinski definition) is 4. The maximum Gasteiger partial charge on any atom is 0.201 e. The summed E-state index contributed by atoms with van der Waals surface area (Å²) in [6, 6.07) is 2.50. The van der Waals surface area contributed by atoms with Crippen molar-refractivity contribution in [1.29, 1.82) is 0 Å². The Bertz CT molecular complexity index is 474. The highest BCUT2D eigenvalue weighted by Crippen LogP contribution is 2.21. The molecule has 0 amide bonds. The zero-order chi connectivity index (χ0) is 14.5. The minimum Gasteiger partial charge on any atom is -0.489 e. The molecule has 0 aromatic heterocycles. The summed E-state index contributed by atoms with van der Waals surface area (Å²) in [6.45, 7) is 4.85. The highest BCUT2D eigenvalue weighted by molar-refractivity contribution is 5.75. The fourth-order valence-electron chi connectivity index (χ4n) is 2.11. The Balaban J connectivity index is 1.85. The largest absolute Gasteiger partial charge is 0.489 e. The van der Waals surface area contributed by atoms with Crippen molar-refractivity contribution >= 4 is 6.29 Å². The van der Waals surface area contributed by atoms with Crippen LogP contribution < -0.4 is 4.74 Å². The number of carbonyl (C=O) groups excluding carboxylic acids is 1. The molecule has 110 valence electrons. The standard InChI is InChI=1S/C14H18F2N2O2/c1-17-4-6-18(7-5-17)8-9-20-12-3-2-11(10-19)13(15)14(12)16/h2-3,10H,4-9H2,1H3. The Kier molecular flexibility index (Phi) is 5.03. The van der Waals surface area contributed by atoms with E-state index in [2.05, 4.69) is 16.8 Å². The first kappa shape index (κ1) is 14.9. The van der Waals surface area contributed by atoms with Crippen molar-refractivity contribution in [3.8, 4) is 5.75 Å². The minimum atomic E-state index is -1.16. The van der Waals surface area contributed by atoms with Gasteiger partial charge in [0.2, 0.25) is 5.82 Å².